The number of Topliss-reactive ketones (excluding diaryl/α,β-unsaturated/α-hetero) is 1. The summed E-state index contributed by atoms with van der Waals surface area (Å²) in [6, 6.07) is 8.76. The van der Waals surface area contributed by atoms with E-state index in [1.807, 2.05) is 6.07 Å². The molecule has 0 bridgehead atoms. The Balaban J connectivity index is 2.53. The molecule has 82 valence electrons. The van der Waals surface area contributed by atoms with E-state index in [0.29, 0.717) is 22.5 Å². The van der Waals surface area contributed by atoms with E-state index in [9.17, 15) is 4.79 Å². The number of carbonyl (C=O) groups excluding carboxylic acids is 1. The second-order valence-electron chi connectivity index (χ2n) is 3.50. The van der Waals surface area contributed by atoms with Crippen molar-refractivity contribution in [3.63, 3.8) is 0 Å². The molecule has 0 aliphatic rings. The summed E-state index contributed by atoms with van der Waals surface area (Å²) in [5, 5.41) is 8.68. The fraction of sp³-hybridized carbons (Fsp3) is 0.0769. The number of nitriles is 1. The van der Waals surface area contributed by atoms with E-state index in [2.05, 4.69) is 9.97 Å². The van der Waals surface area contributed by atoms with Gasteiger partial charge in [-0.05, 0) is 31.2 Å². The third kappa shape index (κ3) is 2.18. The largest absolute Gasteiger partial charge is 0.294 e. The van der Waals surface area contributed by atoms with E-state index < -0.39 is 0 Å². The maximum atomic E-state index is 11.4. The maximum absolute atomic E-state index is 11.4. The van der Waals surface area contributed by atoms with Crippen LogP contribution in [0.25, 0.3) is 11.4 Å². The van der Waals surface area contributed by atoms with Crippen molar-refractivity contribution in [3.05, 3.63) is 47.8 Å². The molecule has 0 aliphatic carbocycles. The highest BCUT2D eigenvalue weighted by Gasteiger charge is 2.10. The monoisotopic (exact) mass is 223 g/mol. The third-order valence-electron chi connectivity index (χ3n) is 2.32. The molecule has 0 saturated carbocycles. The SMILES string of the molecule is CC(=O)c1cccnc1-c1ccc(C#N)cn1. The highest BCUT2D eigenvalue weighted by Crippen LogP contribution is 2.19. The van der Waals surface area contributed by atoms with Crippen molar-refractivity contribution in [3.8, 4) is 17.5 Å². The highest BCUT2D eigenvalue weighted by molar-refractivity contribution is 5.99. The fourth-order valence-electron chi connectivity index (χ4n) is 1.49. The van der Waals surface area contributed by atoms with Crippen LogP contribution in [0.15, 0.2) is 36.7 Å². The van der Waals surface area contributed by atoms with Gasteiger partial charge in [-0.1, -0.05) is 0 Å². The summed E-state index contributed by atoms with van der Waals surface area (Å²) in [6.07, 6.45) is 3.08. The Morgan fingerprint density at radius 3 is 2.71 bits per heavy atom. The molecule has 0 aliphatic heterocycles. The average molecular weight is 223 g/mol. The first-order valence-corrected chi connectivity index (χ1v) is 5.05. The molecule has 0 amide bonds. The van der Waals surface area contributed by atoms with Gasteiger partial charge in [0.1, 0.15) is 6.07 Å². The fourth-order valence-corrected chi connectivity index (χ4v) is 1.49. The van der Waals surface area contributed by atoms with Crippen molar-refractivity contribution in [2.45, 2.75) is 6.92 Å². The first-order valence-electron chi connectivity index (χ1n) is 5.05. The Morgan fingerprint density at radius 2 is 2.12 bits per heavy atom. The minimum atomic E-state index is -0.0562. The van der Waals surface area contributed by atoms with Crippen molar-refractivity contribution >= 4 is 5.78 Å². The molecule has 0 atom stereocenters. The zero-order chi connectivity index (χ0) is 12.3. The second kappa shape index (κ2) is 4.54. The lowest BCUT2D eigenvalue weighted by Gasteiger charge is -2.04. The van der Waals surface area contributed by atoms with Gasteiger partial charge < -0.3 is 0 Å². The van der Waals surface area contributed by atoms with E-state index in [1.165, 1.54) is 13.1 Å². The van der Waals surface area contributed by atoms with E-state index in [-0.39, 0.29) is 5.78 Å². The quantitative estimate of drug-likeness (QED) is 0.732. The highest BCUT2D eigenvalue weighted by atomic mass is 16.1. The molecule has 2 aromatic rings. The van der Waals surface area contributed by atoms with Crippen LogP contribution in [0.3, 0.4) is 0 Å². The Morgan fingerprint density at radius 1 is 1.29 bits per heavy atom. The predicted octanol–water partition coefficient (Wildman–Crippen LogP) is 2.22. The Bertz CT molecular complexity index is 597. The van der Waals surface area contributed by atoms with Gasteiger partial charge in [0.15, 0.2) is 5.78 Å². The van der Waals surface area contributed by atoms with Crippen LogP contribution in [0.4, 0.5) is 0 Å². The predicted molar refractivity (Wildman–Crippen MR) is 62.2 cm³/mol. The van der Waals surface area contributed by atoms with Crippen LogP contribution in [-0.2, 0) is 0 Å². The number of hydrogen-bond acceptors (Lipinski definition) is 4. The van der Waals surface area contributed by atoms with Gasteiger partial charge >= 0.3 is 0 Å². The lowest BCUT2D eigenvalue weighted by molar-refractivity contribution is 0.101. The number of nitrogens with zero attached hydrogens (tertiary/aromatic N) is 3. The molecule has 4 nitrogen and oxygen atoms in total. The smallest absolute Gasteiger partial charge is 0.162 e. The van der Waals surface area contributed by atoms with Crippen LogP contribution in [0.1, 0.15) is 22.8 Å². The lowest BCUT2D eigenvalue weighted by Crippen LogP contribution is -1.99. The average Bonchev–Trinajstić information content (AvgIpc) is 2.39. The molecule has 17 heavy (non-hydrogen) atoms. The van der Waals surface area contributed by atoms with E-state index in [0.717, 1.165) is 0 Å². The maximum Gasteiger partial charge on any atom is 0.162 e. The van der Waals surface area contributed by atoms with E-state index in [4.69, 9.17) is 5.26 Å². The molecule has 0 spiro atoms. The minimum Gasteiger partial charge on any atom is -0.294 e. The zero-order valence-corrected chi connectivity index (χ0v) is 9.21. The van der Waals surface area contributed by atoms with Crippen LogP contribution < -0.4 is 0 Å². The van der Waals surface area contributed by atoms with Crippen LogP contribution in [0.2, 0.25) is 0 Å². The van der Waals surface area contributed by atoms with Crippen LogP contribution in [0, 0.1) is 11.3 Å². The van der Waals surface area contributed by atoms with Crippen LogP contribution in [-0.4, -0.2) is 15.8 Å². The first-order chi connectivity index (χ1) is 8.22. The molecule has 0 unspecified atom stereocenters. The minimum absolute atomic E-state index is 0.0562. The first kappa shape index (κ1) is 11.0. The van der Waals surface area contributed by atoms with Gasteiger partial charge in [-0.2, -0.15) is 5.26 Å². The molecule has 2 heterocycles. The summed E-state index contributed by atoms with van der Waals surface area (Å²) in [6.45, 7) is 1.49. The van der Waals surface area contributed by atoms with Crippen molar-refractivity contribution in [1.29, 1.82) is 5.26 Å². The summed E-state index contributed by atoms with van der Waals surface area (Å²) in [7, 11) is 0. The number of pyridine rings is 2. The molecule has 0 fully saturated rings. The number of carbonyl (C=O) groups is 1. The summed E-state index contributed by atoms with van der Waals surface area (Å²) < 4.78 is 0. The standard InChI is InChI=1S/C13H9N3O/c1-9(17)11-3-2-6-15-13(11)12-5-4-10(7-14)8-16-12/h2-6,8H,1H3. The Hall–Kier alpha value is -2.54. The number of ketones is 1. The molecule has 0 N–H and O–H groups in total. The van der Waals surface area contributed by atoms with Gasteiger partial charge in [0.25, 0.3) is 0 Å². The van der Waals surface area contributed by atoms with Crippen molar-refractivity contribution in [1.82, 2.24) is 9.97 Å². The van der Waals surface area contributed by atoms with Crippen molar-refractivity contribution < 1.29 is 4.79 Å². The molecule has 4 heteroatoms. The Labute approximate surface area is 98.6 Å². The topological polar surface area (TPSA) is 66.6 Å². The van der Waals surface area contributed by atoms with Crippen molar-refractivity contribution in [2.75, 3.05) is 0 Å². The second-order valence-corrected chi connectivity index (χ2v) is 3.50. The summed E-state index contributed by atoms with van der Waals surface area (Å²) in [4.78, 5) is 19.7. The molecule has 2 aromatic heterocycles. The number of rotatable bonds is 2. The third-order valence-corrected chi connectivity index (χ3v) is 2.32. The van der Waals surface area contributed by atoms with Gasteiger partial charge in [-0.3, -0.25) is 14.8 Å². The van der Waals surface area contributed by atoms with Gasteiger partial charge in [-0.25, -0.2) is 0 Å². The van der Waals surface area contributed by atoms with Crippen LogP contribution in [0.5, 0.6) is 0 Å². The Kier molecular flexibility index (Phi) is 2.93. The summed E-state index contributed by atoms with van der Waals surface area (Å²) >= 11 is 0. The van der Waals surface area contributed by atoms with Crippen molar-refractivity contribution in [2.24, 2.45) is 0 Å². The van der Waals surface area contributed by atoms with E-state index >= 15 is 0 Å². The van der Waals surface area contributed by atoms with Gasteiger partial charge in [-0.15, -0.1) is 0 Å². The normalized spacial score (nSPS) is 9.65. The molecule has 2 rings (SSSR count). The van der Waals surface area contributed by atoms with Gasteiger partial charge in [0.05, 0.1) is 17.0 Å². The lowest BCUT2D eigenvalue weighted by atomic mass is 10.1. The van der Waals surface area contributed by atoms with Crippen LogP contribution >= 0.6 is 0 Å². The molecule has 0 aromatic carbocycles. The van der Waals surface area contributed by atoms with E-state index in [1.54, 1.807) is 30.5 Å². The van der Waals surface area contributed by atoms with Gasteiger partial charge in [0.2, 0.25) is 0 Å². The number of aromatic nitrogens is 2. The summed E-state index contributed by atoms with van der Waals surface area (Å²) in [5.41, 5.74) is 2.15. The molecular formula is C13H9N3O. The number of hydrogen-bond donors (Lipinski definition) is 0. The van der Waals surface area contributed by atoms with Gasteiger partial charge in [0, 0.05) is 18.0 Å². The molecule has 0 saturated heterocycles. The molecule has 0 radical (unpaired) electrons. The molecular weight excluding hydrogens is 214 g/mol. The zero-order valence-electron chi connectivity index (χ0n) is 9.21. The summed E-state index contributed by atoms with van der Waals surface area (Å²) in [5.74, 6) is -0.0562.